The number of hydrogen-bond donors (Lipinski definition) is 0. The Morgan fingerprint density at radius 3 is 2.70 bits per heavy atom. The topological polar surface area (TPSA) is 61.8 Å². The molecule has 0 N–H and O–H groups in total. The molecule has 0 aliphatic carbocycles. The van der Waals surface area contributed by atoms with Crippen LogP contribution in [-0.2, 0) is 14.3 Å². The van der Waals surface area contributed by atoms with Crippen LogP contribution in [0, 0.1) is 0 Å². The molecular weight excluding hydrogens is 284 g/mol. The standard InChI is InChI=1S/C14H17ClO5/c1-3-19-13(16)5-4-8-20-12-7-6-10(15)9-11(12)14(17)18-2/h6-7,9H,3-5,8H2,1-2H3. The van der Waals surface area contributed by atoms with Crippen LogP contribution in [0.1, 0.15) is 30.1 Å². The zero-order valence-electron chi connectivity index (χ0n) is 11.5. The molecule has 0 spiro atoms. The monoisotopic (exact) mass is 300 g/mol. The maximum atomic E-state index is 11.6. The summed E-state index contributed by atoms with van der Waals surface area (Å²) >= 11 is 5.83. The molecule has 1 aromatic carbocycles. The van der Waals surface area contributed by atoms with E-state index < -0.39 is 5.97 Å². The van der Waals surface area contributed by atoms with Gasteiger partial charge in [0.1, 0.15) is 11.3 Å². The Hall–Kier alpha value is -1.75. The average Bonchev–Trinajstić information content (AvgIpc) is 2.44. The third-order valence-electron chi connectivity index (χ3n) is 2.44. The molecule has 0 bridgehead atoms. The lowest BCUT2D eigenvalue weighted by atomic mass is 10.2. The molecule has 1 rings (SSSR count). The second-order valence-corrected chi connectivity index (χ2v) is 4.33. The Morgan fingerprint density at radius 2 is 2.05 bits per heavy atom. The summed E-state index contributed by atoms with van der Waals surface area (Å²) in [5, 5.41) is 0.421. The van der Waals surface area contributed by atoms with E-state index in [0.29, 0.717) is 30.4 Å². The van der Waals surface area contributed by atoms with Crippen LogP contribution in [0.5, 0.6) is 5.75 Å². The van der Waals surface area contributed by atoms with Crippen molar-refractivity contribution < 1.29 is 23.8 Å². The van der Waals surface area contributed by atoms with Gasteiger partial charge in [0.15, 0.2) is 0 Å². The first-order valence-electron chi connectivity index (χ1n) is 6.24. The van der Waals surface area contributed by atoms with Crippen molar-refractivity contribution in [2.45, 2.75) is 19.8 Å². The van der Waals surface area contributed by atoms with Gasteiger partial charge in [-0.05, 0) is 31.5 Å². The van der Waals surface area contributed by atoms with Gasteiger partial charge in [0.05, 0.1) is 20.3 Å². The van der Waals surface area contributed by atoms with E-state index >= 15 is 0 Å². The van der Waals surface area contributed by atoms with Crippen LogP contribution in [0.25, 0.3) is 0 Å². The van der Waals surface area contributed by atoms with E-state index in [4.69, 9.17) is 21.1 Å². The summed E-state index contributed by atoms with van der Waals surface area (Å²) in [7, 11) is 1.29. The van der Waals surface area contributed by atoms with Crippen LogP contribution in [0.3, 0.4) is 0 Å². The van der Waals surface area contributed by atoms with E-state index in [1.54, 1.807) is 19.1 Å². The molecule has 5 nitrogen and oxygen atoms in total. The van der Waals surface area contributed by atoms with Gasteiger partial charge in [-0.3, -0.25) is 4.79 Å². The fourth-order valence-electron chi connectivity index (χ4n) is 1.53. The van der Waals surface area contributed by atoms with Gasteiger partial charge in [0, 0.05) is 11.4 Å². The molecule has 20 heavy (non-hydrogen) atoms. The quantitative estimate of drug-likeness (QED) is 0.572. The molecule has 0 fully saturated rings. The SMILES string of the molecule is CCOC(=O)CCCOc1ccc(Cl)cc1C(=O)OC. The van der Waals surface area contributed by atoms with Gasteiger partial charge in [-0.25, -0.2) is 4.79 Å². The molecule has 0 aliphatic heterocycles. The van der Waals surface area contributed by atoms with Gasteiger partial charge in [-0.15, -0.1) is 0 Å². The first-order valence-corrected chi connectivity index (χ1v) is 6.62. The number of methoxy groups -OCH3 is 1. The number of benzene rings is 1. The zero-order chi connectivity index (χ0) is 15.0. The Morgan fingerprint density at radius 1 is 1.30 bits per heavy atom. The molecule has 0 atom stereocenters. The first kappa shape index (κ1) is 16.3. The minimum atomic E-state index is -0.520. The molecule has 110 valence electrons. The summed E-state index contributed by atoms with van der Waals surface area (Å²) in [6.45, 7) is 2.42. The third kappa shape index (κ3) is 5.09. The summed E-state index contributed by atoms with van der Waals surface area (Å²) in [5.74, 6) is -0.404. The Bertz CT molecular complexity index is 473. The van der Waals surface area contributed by atoms with Gasteiger partial charge in [0.25, 0.3) is 0 Å². The lowest BCUT2D eigenvalue weighted by Crippen LogP contribution is -2.09. The van der Waals surface area contributed by atoms with E-state index in [1.807, 2.05) is 0 Å². The summed E-state index contributed by atoms with van der Waals surface area (Å²) in [5.41, 5.74) is 0.260. The molecule has 0 saturated carbocycles. The van der Waals surface area contributed by atoms with Gasteiger partial charge in [-0.2, -0.15) is 0 Å². The number of esters is 2. The molecule has 0 saturated heterocycles. The maximum absolute atomic E-state index is 11.6. The summed E-state index contributed by atoms with van der Waals surface area (Å²) in [6.07, 6.45) is 0.775. The van der Waals surface area contributed by atoms with Gasteiger partial charge in [0.2, 0.25) is 0 Å². The minimum absolute atomic E-state index is 0.260. The fourth-order valence-corrected chi connectivity index (χ4v) is 1.70. The molecule has 0 unspecified atom stereocenters. The lowest BCUT2D eigenvalue weighted by molar-refractivity contribution is -0.143. The molecule has 0 aromatic heterocycles. The zero-order valence-corrected chi connectivity index (χ0v) is 12.2. The number of carbonyl (C=O) groups excluding carboxylic acids is 2. The van der Waals surface area contributed by atoms with E-state index in [0.717, 1.165) is 0 Å². The first-order chi connectivity index (χ1) is 9.58. The molecule has 0 aliphatic rings. The molecule has 0 heterocycles. The van der Waals surface area contributed by atoms with E-state index in [2.05, 4.69) is 4.74 Å². The smallest absolute Gasteiger partial charge is 0.341 e. The highest BCUT2D eigenvalue weighted by molar-refractivity contribution is 6.31. The summed E-state index contributed by atoms with van der Waals surface area (Å²) in [4.78, 5) is 22.7. The Kier molecular flexibility index (Phi) is 6.87. The van der Waals surface area contributed by atoms with Crippen LogP contribution >= 0.6 is 11.6 Å². The predicted octanol–water partition coefficient (Wildman–Crippen LogP) is 2.85. The molecular formula is C14H17ClO5. The number of hydrogen-bond acceptors (Lipinski definition) is 5. The van der Waals surface area contributed by atoms with Crippen LogP contribution in [0.15, 0.2) is 18.2 Å². The number of carbonyl (C=O) groups is 2. The second kappa shape index (κ2) is 8.43. The summed E-state index contributed by atoms with van der Waals surface area (Å²) in [6, 6.07) is 4.70. The molecule has 0 amide bonds. The lowest BCUT2D eigenvalue weighted by Gasteiger charge is -2.10. The third-order valence-corrected chi connectivity index (χ3v) is 2.67. The highest BCUT2D eigenvalue weighted by Gasteiger charge is 2.14. The van der Waals surface area contributed by atoms with E-state index in [1.165, 1.54) is 13.2 Å². The highest BCUT2D eigenvalue weighted by Crippen LogP contribution is 2.23. The van der Waals surface area contributed by atoms with E-state index in [9.17, 15) is 9.59 Å². The summed E-state index contributed by atoms with van der Waals surface area (Å²) < 4.78 is 14.9. The van der Waals surface area contributed by atoms with Crippen LogP contribution in [0.2, 0.25) is 5.02 Å². The van der Waals surface area contributed by atoms with Crippen molar-refractivity contribution in [1.82, 2.24) is 0 Å². The largest absolute Gasteiger partial charge is 0.493 e. The van der Waals surface area contributed by atoms with Gasteiger partial charge in [-0.1, -0.05) is 11.6 Å². The fraction of sp³-hybridized carbons (Fsp3) is 0.429. The molecule has 6 heteroatoms. The molecule has 0 radical (unpaired) electrons. The maximum Gasteiger partial charge on any atom is 0.341 e. The number of ether oxygens (including phenoxy) is 3. The van der Waals surface area contributed by atoms with Crippen molar-refractivity contribution in [2.75, 3.05) is 20.3 Å². The predicted molar refractivity (Wildman–Crippen MR) is 74.2 cm³/mol. The molecule has 1 aromatic rings. The minimum Gasteiger partial charge on any atom is -0.493 e. The van der Waals surface area contributed by atoms with Crippen molar-refractivity contribution >= 4 is 23.5 Å². The Balaban J connectivity index is 2.55. The second-order valence-electron chi connectivity index (χ2n) is 3.89. The highest BCUT2D eigenvalue weighted by atomic mass is 35.5. The number of rotatable bonds is 7. The van der Waals surface area contributed by atoms with Crippen molar-refractivity contribution in [3.63, 3.8) is 0 Å². The van der Waals surface area contributed by atoms with E-state index in [-0.39, 0.29) is 18.0 Å². The van der Waals surface area contributed by atoms with Crippen LogP contribution in [-0.4, -0.2) is 32.3 Å². The Labute approximate surface area is 122 Å². The number of halogens is 1. The van der Waals surface area contributed by atoms with Gasteiger partial charge < -0.3 is 14.2 Å². The van der Waals surface area contributed by atoms with Crippen molar-refractivity contribution in [1.29, 1.82) is 0 Å². The normalized spacial score (nSPS) is 9.95. The van der Waals surface area contributed by atoms with Crippen LogP contribution < -0.4 is 4.74 Å². The van der Waals surface area contributed by atoms with Crippen LogP contribution in [0.4, 0.5) is 0 Å². The van der Waals surface area contributed by atoms with Crippen molar-refractivity contribution in [3.05, 3.63) is 28.8 Å². The van der Waals surface area contributed by atoms with Crippen molar-refractivity contribution in [2.24, 2.45) is 0 Å². The average molecular weight is 301 g/mol. The van der Waals surface area contributed by atoms with Gasteiger partial charge >= 0.3 is 11.9 Å². The van der Waals surface area contributed by atoms with Crippen molar-refractivity contribution in [3.8, 4) is 5.75 Å².